The Morgan fingerprint density at radius 3 is 2.60 bits per heavy atom. The lowest BCUT2D eigenvalue weighted by molar-refractivity contribution is -0.136. The van der Waals surface area contributed by atoms with Gasteiger partial charge in [0, 0.05) is 51.5 Å². The number of sulfonamides is 1. The molecule has 0 bridgehead atoms. The molecule has 10 heteroatoms. The van der Waals surface area contributed by atoms with Gasteiger partial charge < -0.3 is 14.7 Å². The molecule has 4 rings (SSSR count). The van der Waals surface area contributed by atoms with Gasteiger partial charge in [0.1, 0.15) is 0 Å². The number of likely N-dealkylation sites (tertiary alicyclic amines) is 1. The average molecular weight is 436 g/mol. The fourth-order valence-electron chi connectivity index (χ4n) is 4.41. The highest BCUT2D eigenvalue weighted by Gasteiger charge is 2.33. The van der Waals surface area contributed by atoms with Gasteiger partial charge in [-0.1, -0.05) is 0 Å². The number of carbonyl (C=O) groups excluding carboxylic acids is 2. The normalized spacial score (nSPS) is 26.7. The van der Waals surface area contributed by atoms with Gasteiger partial charge in [-0.05, 0) is 38.3 Å². The molecule has 2 fully saturated rings. The number of hydrogen-bond acceptors (Lipinski definition) is 6. The molecule has 1 atom stereocenters. The minimum Gasteiger partial charge on any atom is -0.339 e. The Kier molecular flexibility index (Phi) is 5.97. The highest BCUT2D eigenvalue weighted by Crippen LogP contribution is 2.21. The Hall–Kier alpha value is -2.20. The van der Waals surface area contributed by atoms with E-state index >= 15 is 0 Å². The standard InChI is InChI=1S/C20H29N5O4S/c1-16-5-2-3-8-25(16)18(26)15-22-9-11-24(12-10-22)20(27)17-6-4-7-23-13-14-30(28,29)21-19(17)23/h4,6-7,16H,2-3,5,8-15H2,1H3. The summed E-state index contributed by atoms with van der Waals surface area (Å²) in [6.07, 6.45) is 8.44. The van der Waals surface area contributed by atoms with Crippen molar-refractivity contribution in [3.63, 3.8) is 0 Å². The van der Waals surface area contributed by atoms with Crippen molar-refractivity contribution in [3.8, 4) is 0 Å². The second-order valence-corrected chi connectivity index (χ2v) is 10.1. The molecule has 0 radical (unpaired) electrons. The molecule has 2 saturated heterocycles. The maximum absolute atomic E-state index is 13.1. The van der Waals surface area contributed by atoms with Crippen molar-refractivity contribution in [2.24, 2.45) is 4.40 Å². The van der Waals surface area contributed by atoms with Crippen LogP contribution in [-0.2, 0) is 19.6 Å². The first-order valence-corrected chi connectivity index (χ1v) is 12.2. The van der Waals surface area contributed by atoms with Crippen LogP contribution < -0.4 is 0 Å². The predicted octanol–water partition coefficient (Wildman–Crippen LogP) is 0.0292. The first-order valence-electron chi connectivity index (χ1n) is 10.6. The molecular weight excluding hydrogens is 406 g/mol. The van der Waals surface area contributed by atoms with E-state index in [-0.39, 0.29) is 23.4 Å². The SMILES string of the molecule is CC1CCCCN1C(=O)CN1CCN(C(=O)C2=CC=CN3CCS(=O)(=O)N=C23)CC1. The predicted molar refractivity (Wildman–Crippen MR) is 113 cm³/mol. The maximum atomic E-state index is 13.1. The van der Waals surface area contributed by atoms with E-state index in [1.54, 1.807) is 28.2 Å². The van der Waals surface area contributed by atoms with Gasteiger partial charge in [0.25, 0.3) is 15.9 Å². The Morgan fingerprint density at radius 1 is 1.10 bits per heavy atom. The zero-order chi connectivity index (χ0) is 21.3. The quantitative estimate of drug-likeness (QED) is 0.621. The number of carbonyl (C=O) groups is 2. The third kappa shape index (κ3) is 4.44. The summed E-state index contributed by atoms with van der Waals surface area (Å²) in [7, 11) is -3.54. The van der Waals surface area contributed by atoms with Crippen molar-refractivity contribution in [3.05, 3.63) is 23.9 Å². The Labute approximate surface area is 177 Å². The molecular formula is C20H29N5O4S. The van der Waals surface area contributed by atoms with E-state index in [9.17, 15) is 18.0 Å². The molecule has 0 aromatic carbocycles. The maximum Gasteiger partial charge on any atom is 0.257 e. The molecule has 4 aliphatic rings. The molecule has 2 amide bonds. The molecule has 0 spiro atoms. The molecule has 0 aromatic heterocycles. The lowest BCUT2D eigenvalue weighted by atomic mass is 10.0. The molecule has 4 heterocycles. The van der Waals surface area contributed by atoms with E-state index in [0.717, 1.165) is 19.4 Å². The van der Waals surface area contributed by atoms with Crippen LogP contribution in [0.25, 0.3) is 0 Å². The summed E-state index contributed by atoms with van der Waals surface area (Å²) in [6, 6.07) is 0.302. The van der Waals surface area contributed by atoms with E-state index in [1.165, 1.54) is 6.42 Å². The number of allylic oxidation sites excluding steroid dienone is 2. The summed E-state index contributed by atoms with van der Waals surface area (Å²) in [5.41, 5.74) is 0.312. The number of fused-ring (bicyclic) bond motifs is 1. The van der Waals surface area contributed by atoms with Crippen LogP contribution in [0.15, 0.2) is 28.3 Å². The monoisotopic (exact) mass is 435 g/mol. The van der Waals surface area contributed by atoms with Gasteiger partial charge in [-0.2, -0.15) is 0 Å². The largest absolute Gasteiger partial charge is 0.339 e. The molecule has 0 N–H and O–H groups in total. The van der Waals surface area contributed by atoms with Crippen LogP contribution >= 0.6 is 0 Å². The summed E-state index contributed by atoms with van der Waals surface area (Å²) >= 11 is 0. The highest BCUT2D eigenvalue weighted by molar-refractivity contribution is 7.90. The third-order valence-corrected chi connectivity index (χ3v) is 7.38. The second-order valence-electron chi connectivity index (χ2n) is 8.32. The van der Waals surface area contributed by atoms with Crippen LogP contribution in [0.1, 0.15) is 26.2 Å². The average Bonchev–Trinajstić information content (AvgIpc) is 2.73. The summed E-state index contributed by atoms with van der Waals surface area (Å²) in [4.78, 5) is 33.2. The first kappa shape index (κ1) is 21.0. The van der Waals surface area contributed by atoms with Crippen LogP contribution in [0, 0.1) is 0 Å². The smallest absolute Gasteiger partial charge is 0.257 e. The van der Waals surface area contributed by atoms with Crippen molar-refractivity contribution < 1.29 is 18.0 Å². The van der Waals surface area contributed by atoms with Crippen molar-refractivity contribution in [1.82, 2.24) is 19.6 Å². The van der Waals surface area contributed by atoms with Crippen LogP contribution in [0.5, 0.6) is 0 Å². The molecule has 0 aromatic rings. The third-order valence-electron chi connectivity index (χ3n) is 6.23. The van der Waals surface area contributed by atoms with Gasteiger partial charge in [-0.15, -0.1) is 4.40 Å². The lowest BCUT2D eigenvalue weighted by Gasteiger charge is -2.38. The van der Waals surface area contributed by atoms with Crippen molar-refractivity contribution >= 4 is 27.7 Å². The van der Waals surface area contributed by atoms with Gasteiger partial charge in [0.2, 0.25) is 5.91 Å². The van der Waals surface area contributed by atoms with Gasteiger partial charge in [-0.3, -0.25) is 14.5 Å². The topological polar surface area (TPSA) is 93.6 Å². The van der Waals surface area contributed by atoms with Crippen molar-refractivity contribution in [2.75, 3.05) is 51.6 Å². The Balaban J connectivity index is 1.35. The number of amidine groups is 1. The molecule has 0 aliphatic carbocycles. The molecule has 30 heavy (non-hydrogen) atoms. The lowest BCUT2D eigenvalue weighted by Crippen LogP contribution is -2.54. The zero-order valence-corrected chi connectivity index (χ0v) is 18.2. The van der Waals surface area contributed by atoms with Gasteiger partial charge >= 0.3 is 0 Å². The van der Waals surface area contributed by atoms with E-state index in [1.807, 2.05) is 4.90 Å². The summed E-state index contributed by atoms with van der Waals surface area (Å²) < 4.78 is 27.7. The minimum absolute atomic E-state index is 0.0509. The van der Waals surface area contributed by atoms with Gasteiger partial charge in [0.15, 0.2) is 5.84 Å². The van der Waals surface area contributed by atoms with Gasteiger partial charge in [0.05, 0.1) is 17.9 Å². The first-order chi connectivity index (χ1) is 14.3. The summed E-state index contributed by atoms with van der Waals surface area (Å²) in [5, 5.41) is 0. The number of piperidine rings is 1. The van der Waals surface area contributed by atoms with Crippen LogP contribution in [-0.4, -0.2) is 103 Å². The number of nitrogens with zero attached hydrogens (tertiary/aromatic N) is 5. The van der Waals surface area contributed by atoms with Crippen LogP contribution in [0.3, 0.4) is 0 Å². The number of piperazine rings is 1. The molecule has 9 nitrogen and oxygen atoms in total. The Bertz CT molecular complexity index is 902. The zero-order valence-electron chi connectivity index (χ0n) is 17.4. The van der Waals surface area contributed by atoms with E-state index < -0.39 is 10.0 Å². The highest BCUT2D eigenvalue weighted by atomic mass is 32.2. The number of hydrogen-bond donors (Lipinski definition) is 0. The van der Waals surface area contributed by atoms with E-state index in [4.69, 9.17) is 0 Å². The molecule has 0 saturated carbocycles. The minimum atomic E-state index is -3.54. The van der Waals surface area contributed by atoms with Crippen molar-refractivity contribution in [1.29, 1.82) is 0 Å². The molecule has 1 unspecified atom stereocenters. The second kappa shape index (κ2) is 8.50. The number of amides is 2. The van der Waals surface area contributed by atoms with Gasteiger partial charge in [-0.25, -0.2) is 8.42 Å². The summed E-state index contributed by atoms with van der Waals surface area (Å²) in [6.45, 7) is 5.88. The van der Waals surface area contributed by atoms with E-state index in [0.29, 0.717) is 50.9 Å². The fraction of sp³-hybridized carbons (Fsp3) is 0.650. The molecule has 4 aliphatic heterocycles. The Morgan fingerprint density at radius 2 is 1.87 bits per heavy atom. The number of rotatable bonds is 3. The van der Waals surface area contributed by atoms with Crippen LogP contribution in [0.2, 0.25) is 0 Å². The fourth-order valence-corrected chi connectivity index (χ4v) is 5.40. The van der Waals surface area contributed by atoms with Crippen molar-refractivity contribution in [2.45, 2.75) is 32.2 Å². The van der Waals surface area contributed by atoms with E-state index in [2.05, 4.69) is 16.2 Å². The molecule has 164 valence electrons. The van der Waals surface area contributed by atoms with Crippen LogP contribution in [0.4, 0.5) is 0 Å². The summed E-state index contributed by atoms with van der Waals surface area (Å²) in [5.74, 6) is 0.116.